The summed E-state index contributed by atoms with van der Waals surface area (Å²) in [7, 11) is -3.45. The number of nitrogens with one attached hydrogen (secondary N) is 1. The number of benzene rings is 1. The summed E-state index contributed by atoms with van der Waals surface area (Å²) in [5, 5.41) is 2.42. The maximum absolute atomic E-state index is 12.2. The first-order valence-electron chi connectivity index (χ1n) is 7.92. The Labute approximate surface area is 150 Å². The highest BCUT2D eigenvalue weighted by Crippen LogP contribution is 2.16. The fraction of sp³-hybridized carbons (Fsp3) is 0.375. The van der Waals surface area contributed by atoms with Crippen molar-refractivity contribution in [3.8, 4) is 0 Å². The van der Waals surface area contributed by atoms with E-state index in [4.69, 9.17) is 0 Å². The second-order valence-corrected chi connectivity index (χ2v) is 7.85. The summed E-state index contributed by atoms with van der Waals surface area (Å²) in [4.78, 5) is 49.4. The van der Waals surface area contributed by atoms with Crippen LogP contribution in [0.3, 0.4) is 0 Å². The molecule has 1 aromatic rings. The van der Waals surface area contributed by atoms with Gasteiger partial charge in [-0.3, -0.25) is 19.3 Å². The first-order valence-corrected chi connectivity index (χ1v) is 9.81. The zero-order chi connectivity index (χ0) is 19.5. The number of anilines is 1. The van der Waals surface area contributed by atoms with E-state index in [1.807, 2.05) is 6.92 Å². The highest BCUT2D eigenvalue weighted by molar-refractivity contribution is 7.90. The monoisotopic (exact) mass is 381 g/mol. The number of rotatable bonds is 7. The van der Waals surface area contributed by atoms with Crippen LogP contribution in [0.4, 0.5) is 10.5 Å². The van der Waals surface area contributed by atoms with Gasteiger partial charge in [0.15, 0.2) is 9.84 Å². The first-order chi connectivity index (χ1) is 12.1. The van der Waals surface area contributed by atoms with E-state index in [1.165, 1.54) is 24.3 Å². The number of hydrogen-bond acceptors (Lipinski definition) is 6. The number of amides is 5. The lowest BCUT2D eigenvalue weighted by Gasteiger charge is -2.15. The molecule has 0 atom stereocenters. The molecule has 0 spiro atoms. The molecule has 0 aliphatic carbocycles. The molecule has 1 aliphatic rings. The lowest BCUT2D eigenvalue weighted by atomic mass is 10.3. The summed E-state index contributed by atoms with van der Waals surface area (Å²) < 4.78 is 23.1. The van der Waals surface area contributed by atoms with Crippen molar-refractivity contribution in [2.75, 3.05) is 24.7 Å². The number of carbonyl (C=O) groups excluding carboxylic acids is 4. The Bertz CT molecular complexity index is 864. The highest BCUT2D eigenvalue weighted by atomic mass is 32.2. The van der Waals surface area contributed by atoms with Crippen molar-refractivity contribution in [1.82, 2.24) is 9.80 Å². The van der Waals surface area contributed by atoms with E-state index >= 15 is 0 Å². The Kier molecular flexibility index (Phi) is 5.76. The van der Waals surface area contributed by atoms with Gasteiger partial charge in [-0.2, -0.15) is 0 Å². The molecule has 1 fully saturated rings. The molecule has 0 aromatic heterocycles. The Balaban J connectivity index is 2.07. The number of carbonyl (C=O) groups is 4. The molecule has 1 aromatic carbocycles. The van der Waals surface area contributed by atoms with Gasteiger partial charge >= 0.3 is 17.8 Å². The molecule has 5 amide bonds. The van der Waals surface area contributed by atoms with Crippen LogP contribution in [-0.2, 0) is 24.2 Å². The molecule has 1 saturated heterocycles. The molecule has 1 heterocycles. The molecule has 140 valence electrons. The van der Waals surface area contributed by atoms with Gasteiger partial charge in [0.1, 0.15) is 6.54 Å². The van der Waals surface area contributed by atoms with Gasteiger partial charge in [-0.1, -0.05) is 19.4 Å². The number of nitrogens with zero attached hydrogens (tertiary/aromatic N) is 2. The summed E-state index contributed by atoms with van der Waals surface area (Å²) in [5.41, 5.74) is 0.200. The molecule has 10 heteroatoms. The Morgan fingerprint density at radius 3 is 2.38 bits per heavy atom. The van der Waals surface area contributed by atoms with E-state index in [0.29, 0.717) is 11.3 Å². The second-order valence-electron chi connectivity index (χ2n) is 5.83. The highest BCUT2D eigenvalue weighted by Gasteiger charge is 2.44. The second kappa shape index (κ2) is 7.65. The van der Waals surface area contributed by atoms with Crippen molar-refractivity contribution in [2.45, 2.75) is 24.7 Å². The SMILES string of the molecule is CCCCN1C(=O)C(=O)N(CC(=O)Nc2cccc(S(C)(=O)=O)c2)C1=O. The summed E-state index contributed by atoms with van der Waals surface area (Å²) >= 11 is 0. The van der Waals surface area contributed by atoms with Crippen LogP contribution in [0.2, 0.25) is 0 Å². The van der Waals surface area contributed by atoms with Gasteiger partial charge < -0.3 is 5.32 Å². The summed E-state index contributed by atoms with van der Waals surface area (Å²) in [6, 6.07) is 4.74. The van der Waals surface area contributed by atoms with Gasteiger partial charge in [0.25, 0.3) is 0 Å². The van der Waals surface area contributed by atoms with Crippen molar-refractivity contribution in [3.05, 3.63) is 24.3 Å². The fourth-order valence-electron chi connectivity index (χ4n) is 2.35. The van der Waals surface area contributed by atoms with Gasteiger partial charge in [0.2, 0.25) is 5.91 Å². The Morgan fingerprint density at radius 1 is 1.12 bits per heavy atom. The van der Waals surface area contributed by atoms with Crippen LogP contribution >= 0.6 is 0 Å². The molecule has 9 nitrogen and oxygen atoms in total. The largest absolute Gasteiger partial charge is 0.334 e. The van der Waals surface area contributed by atoms with Gasteiger partial charge in [-0.25, -0.2) is 18.1 Å². The third kappa shape index (κ3) is 4.26. The van der Waals surface area contributed by atoms with Gasteiger partial charge in [-0.05, 0) is 24.6 Å². The van der Waals surface area contributed by atoms with Crippen LogP contribution in [-0.4, -0.2) is 61.3 Å². The Hall–Kier alpha value is -2.75. The predicted molar refractivity (Wildman–Crippen MR) is 91.9 cm³/mol. The average Bonchev–Trinajstić information content (AvgIpc) is 2.76. The molecule has 1 N–H and O–H groups in total. The van der Waals surface area contributed by atoms with E-state index in [0.717, 1.165) is 17.6 Å². The zero-order valence-electron chi connectivity index (χ0n) is 14.4. The number of urea groups is 1. The maximum Gasteiger partial charge on any atom is 0.334 e. The van der Waals surface area contributed by atoms with Crippen molar-refractivity contribution >= 4 is 39.3 Å². The lowest BCUT2D eigenvalue weighted by molar-refractivity contribution is -0.143. The smallest absolute Gasteiger partial charge is 0.324 e. The average molecular weight is 381 g/mol. The van der Waals surface area contributed by atoms with Gasteiger partial charge in [-0.15, -0.1) is 0 Å². The van der Waals surface area contributed by atoms with E-state index in [-0.39, 0.29) is 17.1 Å². The van der Waals surface area contributed by atoms with E-state index in [2.05, 4.69) is 5.32 Å². The van der Waals surface area contributed by atoms with Crippen LogP contribution in [0, 0.1) is 0 Å². The minimum absolute atomic E-state index is 0.0181. The number of unbranched alkanes of at least 4 members (excludes halogenated alkanes) is 1. The number of hydrogen-bond donors (Lipinski definition) is 1. The summed E-state index contributed by atoms with van der Waals surface area (Å²) in [6.45, 7) is 1.37. The molecule has 0 saturated carbocycles. The fourth-order valence-corrected chi connectivity index (χ4v) is 3.02. The molecule has 2 rings (SSSR count). The third-order valence-corrected chi connectivity index (χ3v) is 4.83. The van der Waals surface area contributed by atoms with Crippen LogP contribution < -0.4 is 5.32 Å². The standard InChI is InChI=1S/C16H19N3O6S/c1-3-4-8-18-14(21)15(22)19(16(18)23)10-13(20)17-11-6-5-7-12(9-11)26(2,24)25/h5-7,9H,3-4,8,10H2,1-2H3,(H,17,20). The van der Waals surface area contributed by atoms with Crippen molar-refractivity contribution in [3.63, 3.8) is 0 Å². The van der Waals surface area contributed by atoms with E-state index in [1.54, 1.807) is 0 Å². The Morgan fingerprint density at radius 2 is 1.77 bits per heavy atom. The summed E-state index contributed by atoms with van der Waals surface area (Å²) in [5.74, 6) is -2.72. The number of sulfone groups is 1. The topological polar surface area (TPSA) is 121 Å². The number of imide groups is 2. The van der Waals surface area contributed by atoms with Crippen LogP contribution in [0.1, 0.15) is 19.8 Å². The zero-order valence-corrected chi connectivity index (χ0v) is 15.2. The molecular weight excluding hydrogens is 362 g/mol. The molecule has 1 aliphatic heterocycles. The van der Waals surface area contributed by atoms with E-state index < -0.39 is 40.1 Å². The molecule has 26 heavy (non-hydrogen) atoms. The quantitative estimate of drug-likeness (QED) is 0.546. The van der Waals surface area contributed by atoms with E-state index in [9.17, 15) is 27.6 Å². The molecule has 0 radical (unpaired) electrons. The molecule has 0 unspecified atom stereocenters. The molecule has 0 bridgehead atoms. The maximum atomic E-state index is 12.2. The van der Waals surface area contributed by atoms with Crippen molar-refractivity contribution < 1.29 is 27.6 Å². The van der Waals surface area contributed by atoms with Crippen molar-refractivity contribution in [2.24, 2.45) is 0 Å². The lowest BCUT2D eigenvalue weighted by Crippen LogP contribution is -2.39. The minimum Gasteiger partial charge on any atom is -0.324 e. The summed E-state index contributed by atoms with van der Waals surface area (Å²) in [6.07, 6.45) is 2.33. The molecular formula is C16H19N3O6S. The predicted octanol–water partition coefficient (Wildman–Crippen LogP) is 0.620. The first kappa shape index (κ1) is 19.6. The van der Waals surface area contributed by atoms with Crippen LogP contribution in [0.15, 0.2) is 29.2 Å². The van der Waals surface area contributed by atoms with Crippen molar-refractivity contribution in [1.29, 1.82) is 0 Å². The van der Waals surface area contributed by atoms with Gasteiger partial charge in [0.05, 0.1) is 4.90 Å². The minimum atomic E-state index is -3.45. The van der Waals surface area contributed by atoms with Crippen LogP contribution in [0.5, 0.6) is 0 Å². The normalized spacial score (nSPS) is 14.9. The van der Waals surface area contributed by atoms with Crippen LogP contribution in [0.25, 0.3) is 0 Å². The third-order valence-electron chi connectivity index (χ3n) is 3.72. The van der Waals surface area contributed by atoms with Gasteiger partial charge in [0, 0.05) is 18.5 Å².